The molecule has 0 spiro atoms. The van der Waals surface area contributed by atoms with E-state index < -0.39 is 17.7 Å². The Morgan fingerprint density at radius 2 is 1.83 bits per heavy atom. The standard InChI is InChI=1S/C22H15Cl2NO4/c1-12-4-2-5-14(10-12)25-19(17-6-3-9-29-17)18(21(27)22(25)28)20(26)13-7-8-15(23)16(24)11-13/h2-11,19,26H,1H3/b20-18-. The van der Waals surface area contributed by atoms with Crippen LogP contribution in [0.25, 0.3) is 5.76 Å². The van der Waals surface area contributed by atoms with Gasteiger partial charge in [0.15, 0.2) is 0 Å². The number of hydrogen-bond acceptors (Lipinski definition) is 4. The zero-order chi connectivity index (χ0) is 20.7. The first-order chi connectivity index (χ1) is 13.9. The largest absolute Gasteiger partial charge is 0.507 e. The quantitative estimate of drug-likeness (QED) is 0.339. The third-order valence-electron chi connectivity index (χ3n) is 4.73. The highest BCUT2D eigenvalue weighted by Gasteiger charge is 2.48. The van der Waals surface area contributed by atoms with Gasteiger partial charge in [-0.1, -0.05) is 35.3 Å². The molecule has 0 aliphatic carbocycles. The summed E-state index contributed by atoms with van der Waals surface area (Å²) in [4.78, 5) is 27.2. The third-order valence-corrected chi connectivity index (χ3v) is 5.47. The number of benzene rings is 2. The smallest absolute Gasteiger partial charge is 0.300 e. The fourth-order valence-electron chi connectivity index (χ4n) is 3.39. The van der Waals surface area contributed by atoms with Crippen LogP contribution in [0.4, 0.5) is 5.69 Å². The van der Waals surface area contributed by atoms with Crippen LogP contribution >= 0.6 is 23.2 Å². The minimum atomic E-state index is -0.916. The molecule has 29 heavy (non-hydrogen) atoms. The van der Waals surface area contributed by atoms with Crippen LogP contribution in [-0.4, -0.2) is 16.8 Å². The molecule has 0 bridgehead atoms. The number of carbonyl (C=O) groups is 2. The summed E-state index contributed by atoms with van der Waals surface area (Å²) < 4.78 is 5.52. The predicted molar refractivity (Wildman–Crippen MR) is 111 cm³/mol. The van der Waals surface area contributed by atoms with Crippen molar-refractivity contribution in [1.82, 2.24) is 0 Å². The van der Waals surface area contributed by atoms with Crippen LogP contribution in [0.5, 0.6) is 0 Å². The molecular weight excluding hydrogens is 413 g/mol. The Morgan fingerprint density at radius 1 is 1.03 bits per heavy atom. The first kappa shape index (κ1) is 19.3. The molecule has 1 fully saturated rings. The van der Waals surface area contributed by atoms with Crippen molar-refractivity contribution >= 4 is 46.3 Å². The Balaban J connectivity index is 1.94. The molecule has 2 aromatic carbocycles. The molecule has 1 aromatic heterocycles. The SMILES string of the molecule is Cc1cccc(N2C(=O)C(=O)/C(=C(\O)c3ccc(Cl)c(Cl)c3)C2c2ccco2)c1. The maximum Gasteiger partial charge on any atom is 0.300 e. The minimum Gasteiger partial charge on any atom is -0.507 e. The number of hydrogen-bond donors (Lipinski definition) is 1. The molecule has 1 amide bonds. The van der Waals surface area contributed by atoms with Crippen LogP contribution in [0, 0.1) is 6.92 Å². The van der Waals surface area contributed by atoms with Crippen molar-refractivity contribution in [2.45, 2.75) is 13.0 Å². The molecule has 1 saturated heterocycles. The van der Waals surface area contributed by atoms with Crippen molar-refractivity contribution in [2.75, 3.05) is 4.90 Å². The summed E-state index contributed by atoms with van der Waals surface area (Å²) in [7, 11) is 0. The van der Waals surface area contributed by atoms with Gasteiger partial charge in [-0.3, -0.25) is 14.5 Å². The third kappa shape index (κ3) is 3.33. The van der Waals surface area contributed by atoms with Crippen molar-refractivity contribution < 1.29 is 19.1 Å². The second kappa shape index (κ2) is 7.43. The molecule has 7 heteroatoms. The number of aliphatic hydroxyl groups excluding tert-OH is 1. The van der Waals surface area contributed by atoms with Gasteiger partial charge >= 0.3 is 0 Å². The first-order valence-corrected chi connectivity index (χ1v) is 9.50. The van der Waals surface area contributed by atoms with E-state index in [0.29, 0.717) is 16.5 Å². The molecule has 0 saturated carbocycles. The fraction of sp³-hybridized carbons (Fsp3) is 0.0909. The van der Waals surface area contributed by atoms with Crippen LogP contribution in [-0.2, 0) is 9.59 Å². The summed E-state index contributed by atoms with van der Waals surface area (Å²) in [5.74, 6) is -1.55. The number of nitrogens with zero attached hydrogens (tertiary/aromatic N) is 1. The lowest BCUT2D eigenvalue weighted by molar-refractivity contribution is -0.132. The normalized spacial score (nSPS) is 18.4. The number of ketones is 1. The van der Waals surface area contributed by atoms with E-state index in [4.69, 9.17) is 27.6 Å². The van der Waals surface area contributed by atoms with Gasteiger partial charge in [-0.15, -0.1) is 0 Å². The number of amides is 1. The lowest BCUT2D eigenvalue weighted by Crippen LogP contribution is -2.29. The van der Waals surface area contributed by atoms with Crippen LogP contribution in [0.3, 0.4) is 0 Å². The molecule has 4 rings (SSSR count). The number of furan rings is 1. The number of aryl methyl sites for hydroxylation is 1. The zero-order valence-electron chi connectivity index (χ0n) is 15.2. The van der Waals surface area contributed by atoms with Gasteiger partial charge in [-0.25, -0.2) is 0 Å². The summed E-state index contributed by atoms with van der Waals surface area (Å²) >= 11 is 12.0. The lowest BCUT2D eigenvalue weighted by Gasteiger charge is -2.23. The van der Waals surface area contributed by atoms with Crippen molar-refractivity contribution in [2.24, 2.45) is 0 Å². The van der Waals surface area contributed by atoms with Crippen LogP contribution in [0.2, 0.25) is 10.0 Å². The second-order valence-electron chi connectivity index (χ2n) is 6.65. The van der Waals surface area contributed by atoms with Crippen molar-refractivity contribution in [3.05, 3.63) is 93.4 Å². The van der Waals surface area contributed by atoms with Crippen LogP contribution in [0.1, 0.15) is 22.9 Å². The molecule has 3 aromatic rings. The van der Waals surface area contributed by atoms with Gasteiger partial charge in [0.25, 0.3) is 11.7 Å². The molecule has 1 N–H and O–H groups in total. The molecule has 1 aliphatic heterocycles. The monoisotopic (exact) mass is 427 g/mol. The van der Waals surface area contributed by atoms with Gasteiger partial charge in [0.05, 0.1) is 21.9 Å². The molecule has 146 valence electrons. The molecule has 5 nitrogen and oxygen atoms in total. The Kier molecular flexibility index (Phi) is 4.94. The van der Waals surface area contributed by atoms with Gasteiger partial charge in [0, 0.05) is 11.3 Å². The Labute approximate surface area is 176 Å². The first-order valence-electron chi connectivity index (χ1n) is 8.75. The number of halogens is 2. The van der Waals surface area contributed by atoms with E-state index in [-0.39, 0.29) is 21.9 Å². The Hall–Kier alpha value is -3.02. The maximum atomic E-state index is 12.9. The maximum absolute atomic E-state index is 12.9. The van der Waals surface area contributed by atoms with Gasteiger partial charge in [0.2, 0.25) is 0 Å². The van der Waals surface area contributed by atoms with Gasteiger partial charge < -0.3 is 9.52 Å². The number of rotatable bonds is 3. The molecule has 1 aliphatic rings. The van der Waals surface area contributed by atoms with E-state index in [1.54, 1.807) is 30.3 Å². The molecule has 0 radical (unpaired) electrons. The van der Waals surface area contributed by atoms with Crippen molar-refractivity contribution in [1.29, 1.82) is 0 Å². The number of carbonyl (C=O) groups excluding carboxylic acids is 2. The van der Waals surface area contributed by atoms with E-state index in [1.165, 1.54) is 29.4 Å². The van der Waals surface area contributed by atoms with Crippen molar-refractivity contribution in [3.8, 4) is 0 Å². The van der Waals surface area contributed by atoms with E-state index >= 15 is 0 Å². The summed E-state index contributed by atoms with van der Waals surface area (Å²) in [5.41, 5.74) is 1.65. The van der Waals surface area contributed by atoms with Gasteiger partial charge in [-0.2, -0.15) is 0 Å². The molecule has 1 unspecified atom stereocenters. The van der Waals surface area contributed by atoms with E-state index in [9.17, 15) is 14.7 Å². The van der Waals surface area contributed by atoms with Crippen molar-refractivity contribution in [3.63, 3.8) is 0 Å². The Morgan fingerprint density at radius 3 is 2.48 bits per heavy atom. The topological polar surface area (TPSA) is 70.8 Å². The zero-order valence-corrected chi connectivity index (χ0v) is 16.7. The van der Waals surface area contributed by atoms with Crippen LogP contribution in [0.15, 0.2) is 70.9 Å². The highest BCUT2D eigenvalue weighted by Crippen LogP contribution is 2.42. The molecule has 2 heterocycles. The summed E-state index contributed by atoms with van der Waals surface area (Å²) in [6.07, 6.45) is 1.45. The molecular formula is C22H15Cl2NO4. The minimum absolute atomic E-state index is 0.0788. The average molecular weight is 428 g/mol. The number of aliphatic hydroxyl groups is 1. The second-order valence-corrected chi connectivity index (χ2v) is 7.47. The molecule has 1 atom stereocenters. The van der Waals surface area contributed by atoms with Gasteiger partial charge in [-0.05, 0) is 55.0 Å². The van der Waals surface area contributed by atoms with Crippen LogP contribution < -0.4 is 4.90 Å². The highest BCUT2D eigenvalue weighted by molar-refractivity contribution is 6.51. The highest BCUT2D eigenvalue weighted by atomic mass is 35.5. The fourth-order valence-corrected chi connectivity index (χ4v) is 3.69. The number of Topliss-reactive ketones (excluding diaryl/α,β-unsaturated/α-hetero) is 1. The predicted octanol–water partition coefficient (Wildman–Crippen LogP) is 5.52. The summed E-state index contributed by atoms with van der Waals surface area (Å²) in [5, 5.41) is 11.5. The average Bonchev–Trinajstić information content (AvgIpc) is 3.31. The Bertz CT molecular complexity index is 1150. The van der Waals surface area contributed by atoms with Gasteiger partial charge in [0.1, 0.15) is 17.6 Å². The number of anilines is 1. The van der Waals surface area contributed by atoms with E-state index in [1.807, 2.05) is 13.0 Å². The summed E-state index contributed by atoms with van der Waals surface area (Å²) in [6.45, 7) is 1.89. The lowest BCUT2D eigenvalue weighted by atomic mass is 9.99. The van der Waals surface area contributed by atoms with E-state index in [2.05, 4.69) is 0 Å². The van der Waals surface area contributed by atoms with E-state index in [0.717, 1.165) is 5.56 Å². The summed E-state index contributed by atoms with van der Waals surface area (Å²) in [6, 6.07) is 14.1.